The van der Waals surface area contributed by atoms with Crippen LogP contribution in [0.2, 0.25) is 0 Å². The largest absolute Gasteiger partial charge is 0.247 e. The molecule has 0 bridgehead atoms. The van der Waals surface area contributed by atoms with Crippen molar-refractivity contribution in [2.45, 2.75) is 44.7 Å². The highest BCUT2D eigenvalue weighted by molar-refractivity contribution is 5.54. The molecule has 2 aromatic carbocycles. The van der Waals surface area contributed by atoms with E-state index in [0.29, 0.717) is 25.7 Å². The molecule has 0 heterocycles. The van der Waals surface area contributed by atoms with Crippen molar-refractivity contribution in [2.24, 2.45) is 0 Å². The first-order chi connectivity index (χ1) is 13.4. The van der Waals surface area contributed by atoms with Gasteiger partial charge in [0.15, 0.2) is 11.6 Å². The van der Waals surface area contributed by atoms with Gasteiger partial charge in [-0.1, -0.05) is 30.1 Å². The molecule has 0 unspecified atom stereocenters. The molecule has 5 heteroatoms. The van der Waals surface area contributed by atoms with E-state index in [1.165, 1.54) is 24.3 Å². The minimum absolute atomic E-state index is 0.0217. The molecule has 0 spiro atoms. The number of alkyl halides is 1. The van der Waals surface area contributed by atoms with Crippen LogP contribution in [-0.2, 0) is 0 Å². The van der Waals surface area contributed by atoms with Gasteiger partial charge < -0.3 is 0 Å². The van der Waals surface area contributed by atoms with Crippen LogP contribution in [0.5, 0.6) is 0 Å². The summed E-state index contributed by atoms with van der Waals surface area (Å²) in [5.74, 6) is 1.04. The number of halogens is 5. The molecule has 0 saturated heterocycles. The minimum atomic E-state index is -1.10. The molecule has 0 N–H and O–H groups in total. The van der Waals surface area contributed by atoms with E-state index in [0.717, 1.165) is 12.1 Å². The van der Waals surface area contributed by atoms with E-state index in [-0.39, 0.29) is 28.2 Å². The highest BCUT2D eigenvalue weighted by Gasteiger charge is 2.25. The highest BCUT2D eigenvalue weighted by Crippen LogP contribution is 2.36. The SMILES string of the molecule is C/C=C/c1c(F)cc(C#Cc2ccc(C3CCC(F)CC3)c(F)c2F)cc1F. The molecule has 0 radical (unpaired) electrons. The average molecular weight is 390 g/mol. The summed E-state index contributed by atoms with van der Waals surface area (Å²) in [5.41, 5.74) is -0.132. The molecule has 0 amide bonds. The van der Waals surface area contributed by atoms with Gasteiger partial charge in [-0.05, 0) is 62.3 Å². The Labute approximate surface area is 161 Å². The lowest BCUT2D eigenvalue weighted by atomic mass is 9.82. The second-order valence-electron chi connectivity index (χ2n) is 6.88. The third kappa shape index (κ3) is 4.27. The summed E-state index contributed by atoms with van der Waals surface area (Å²) < 4.78 is 70.0. The third-order valence-electron chi connectivity index (χ3n) is 4.96. The van der Waals surface area contributed by atoms with Crippen LogP contribution in [0.4, 0.5) is 22.0 Å². The first-order valence-corrected chi connectivity index (χ1v) is 9.16. The van der Waals surface area contributed by atoms with Crippen molar-refractivity contribution in [1.29, 1.82) is 0 Å². The average Bonchev–Trinajstić information content (AvgIpc) is 2.67. The Morgan fingerprint density at radius 1 is 0.893 bits per heavy atom. The van der Waals surface area contributed by atoms with Gasteiger partial charge in [0.05, 0.1) is 5.56 Å². The first kappa shape index (κ1) is 20.1. The maximum Gasteiger partial charge on any atom is 0.174 e. The lowest BCUT2D eigenvalue weighted by molar-refractivity contribution is 0.233. The van der Waals surface area contributed by atoms with Crippen molar-refractivity contribution in [3.05, 3.63) is 75.9 Å². The van der Waals surface area contributed by atoms with Gasteiger partial charge in [-0.15, -0.1) is 0 Å². The molecule has 3 rings (SSSR count). The van der Waals surface area contributed by atoms with Crippen molar-refractivity contribution >= 4 is 6.08 Å². The molecule has 1 fully saturated rings. The van der Waals surface area contributed by atoms with Gasteiger partial charge in [-0.2, -0.15) is 0 Å². The van der Waals surface area contributed by atoms with Crippen molar-refractivity contribution in [2.75, 3.05) is 0 Å². The van der Waals surface area contributed by atoms with Gasteiger partial charge in [0.2, 0.25) is 0 Å². The minimum Gasteiger partial charge on any atom is -0.247 e. The number of rotatable bonds is 2. The first-order valence-electron chi connectivity index (χ1n) is 9.16. The summed E-state index contributed by atoms with van der Waals surface area (Å²) in [6.45, 7) is 1.64. The summed E-state index contributed by atoms with van der Waals surface area (Å²) in [6, 6.07) is 4.90. The second kappa shape index (κ2) is 8.60. The van der Waals surface area contributed by atoms with Gasteiger partial charge in [0, 0.05) is 11.1 Å². The summed E-state index contributed by atoms with van der Waals surface area (Å²) in [6.07, 6.45) is 3.55. The van der Waals surface area contributed by atoms with E-state index in [9.17, 15) is 22.0 Å². The predicted octanol–water partition coefficient (Wildman–Crippen LogP) is 6.67. The van der Waals surface area contributed by atoms with Crippen LogP contribution in [0.25, 0.3) is 6.08 Å². The monoisotopic (exact) mass is 390 g/mol. The molecule has 146 valence electrons. The second-order valence-corrected chi connectivity index (χ2v) is 6.88. The van der Waals surface area contributed by atoms with Gasteiger partial charge in [0.25, 0.3) is 0 Å². The maximum atomic E-state index is 14.5. The zero-order chi connectivity index (χ0) is 20.3. The van der Waals surface area contributed by atoms with Crippen molar-refractivity contribution in [3.63, 3.8) is 0 Å². The summed E-state index contributed by atoms with van der Waals surface area (Å²) in [4.78, 5) is 0. The van der Waals surface area contributed by atoms with Crippen molar-refractivity contribution < 1.29 is 22.0 Å². The van der Waals surface area contributed by atoms with E-state index >= 15 is 0 Å². The molecule has 28 heavy (non-hydrogen) atoms. The normalized spacial score (nSPS) is 19.5. The number of hydrogen-bond acceptors (Lipinski definition) is 0. The third-order valence-corrected chi connectivity index (χ3v) is 4.96. The van der Waals surface area contributed by atoms with Gasteiger partial charge in [0.1, 0.15) is 17.8 Å². The zero-order valence-corrected chi connectivity index (χ0v) is 15.3. The van der Waals surface area contributed by atoms with E-state index in [4.69, 9.17) is 0 Å². The topological polar surface area (TPSA) is 0 Å². The fourth-order valence-corrected chi connectivity index (χ4v) is 3.46. The van der Waals surface area contributed by atoms with Crippen LogP contribution in [-0.4, -0.2) is 6.17 Å². The Morgan fingerprint density at radius 3 is 2.14 bits per heavy atom. The van der Waals surface area contributed by atoms with Crippen molar-refractivity contribution in [1.82, 2.24) is 0 Å². The molecule has 0 aromatic heterocycles. The van der Waals surface area contributed by atoms with Crippen LogP contribution >= 0.6 is 0 Å². The van der Waals surface area contributed by atoms with Crippen LogP contribution in [0.3, 0.4) is 0 Å². The molecule has 1 aliphatic carbocycles. The zero-order valence-electron chi connectivity index (χ0n) is 15.3. The molecular formula is C23H19F5. The molecule has 1 saturated carbocycles. The fourth-order valence-electron chi connectivity index (χ4n) is 3.46. The van der Waals surface area contributed by atoms with Gasteiger partial charge in [-0.25, -0.2) is 22.0 Å². The van der Waals surface area contributed by atoms with Crippen LogP contribution in [0.15, 0.2) is 30.3 Å². The number of allylic oxidation sites excluding steroid dienone is 1. The summed E-state index contributed by atoms with van der Waals surface area (Å²) in [7, 11) is 0. The quantitative estimate of drug-likeness (QED) is 0.397. The summed E-state index contributed by atoms with van der Waals surface area (Å²) >= 11 is 0. The van der Waals surface area contributed by atoms with Crippen LogP contribution in [0.1, 0.15) is 60.8 Å². The van der Waals surface area contributed by atoms with E-state index in [1.807, 2.05) is 0 Å². The Hall–Kier alpha value is -2.61. The van der Waals surface area contributed by atoms with Gasteiger partial charge >= 0.3 is 0 Å². The molecule has 2 aromatic rings. The lowest BCUT2D eigenvalue weighted by Crippen LogP contribution is -2.15. The Balaban J connectivity index is 1.88. The van der Waals surface area contributed by atoms with Crippen LogP contribution < -0.4 is 0 Å². The maximum absolute atomic E-state index is 14.5. The standard InChI is InChI=1S/C23H19F5/c1-2-3-19-20(25)12-14(13-21(19)26)4-5-16-8-11-18(23(28)22(16)27)15-6-9-17(24)10-7-15/h2-3,8,11-13,15,17H,6-7,9-10H2,1H3/b3-2+. The van der Waals surface area contributed by atoms with E-state index in [2.05, 4.69) is 11.8 Å². The number of benzene rings is 2. The van der Waals surface area contributed by atoms with E-state index < -0.39 is 29.4 Å². The predicted molar refractivity (Wildman–Crippen MR) is 99.5 cm³/mol. The molecule has 0 aliphatic heterocycles. The van der Waals surface area contributed by atoms with Crippen molar-refractivity contribution in [3.8, 4) is 11.8 Å². The molecule has 1 aliphatic rings. The van der Waals surface area contributed by atoms with Gasteiger partial charge in [-0.3, -0.25) is 0 Å². The Morgan fingerprint density at radius 2 is 1.54 bits per heavy atom. The summed E-state index contributed by atoms with van der Waals surface area (Å²) in [5, 5.41) is 0. The smallest absolute Gasteiger partial charge is 0.174 e. The molecule has 0 nitrogen and oxygen atoms in total. The fraction of sp³-hybridized carbons (Fsp3) is 0.304. The van der Waals surface area contributed by atoms with Crippen LogP contribution in [0, 0.1) is 35.1 Å². The lowest BCUT2D eigenvalue weighted by Gasteiger charge is -2.25. The molecular weight excluding hydrogens is 371 g/mol. The molecule has 0 atom stereocenters. The Bertz CT molecular complexity index is 934. The Kier molecular flexibility index (Phi) is 6.18. The number of hydrogen-bond donors (Lipinski definition) is 0. The van der Waals surface area contributed by atoms with E-state index in [1.54, 1.807) is 6.92 Å². The highest BCUT2D eigenvalue weighted by atomic mass is 19.2.